The van der Waals surface area contributed by atoms with Gasteiger partial charge in [-0.3, -0.25) is 9.78 Å². The maximum absolute atomic E-state index is 12.3. The monoisotopic (exact) mass is 335 g/mol. The third-order valence-corrected chi connectivity index (χ3v) is 4.11. The molecule has 0 aliphatic carbocycles. The van der Waals surface area contributed by atoms with E-state index in [1.807, 2.05) is 0 Å². The highest BCUT2D eigenvalue weighted by Crippen LogP contribution is 2.17. The molecule has 8 heteroatoms. The van der Waals surface area contributed by atoms with E-state index in [0.29, 0.717) is 11.1 Å². The number of hydrogen-bond donors (Lipinski definition) is 1. The van der Waals surface area contributed by atoms with E-state index in [-0.39, 0.29) is 17.5 Å². The van der Waals surface area contributed by atoms with E-state index in [0.717, 1.165) is 6.26 Å². The molecule has 0 radical (unpaired) electrons. The lowest BCUT2D eigenvalue weighted by Crippen LogP contribution is -2.31. The minimum absolute atomic E-state index is 0.0470. The Bertz CT molecular complexity index is 778. The Hall–Kier alpha value is -2.32. The zero-order chi connectivity index (χ0) is 16.9. The van der Waals surface area contributed by atoms with Crippen LogP contribution in [0.25, 0.3) is 0 Å². The molecular weight excluding hydrogens is 318 g/mol. The van der Waals surface area contributed by atoms with Crippen LogP contribution in [-0.4, -0.2) is 44.3 Å². The second-order valence-electron chi connectivity index (χ2n) is 4.92. The number of rotatable bonds is 6. The molecule has 0 spiro atoms. The van der Waals surface area contributed by atoms with Crippen molar-refractivity contribution in [3.05, 3.63) is 54.0 Å². The molecule has 0 fully saturated rings. The molecule has 0 aliphatic heterocycles. The van der Waals surface area contributed by atoms with E-state index in [1.54, 1.807) is 18.2 Å². The van der Waals surface area contributed by atoms with Crippen molar-refractivity contribution < 1.29 is 17.9 Å². The van der Waals surface area contributed by atoms with Crippen LogP contribution in [0.1, 0.15) is 22.0 Å². The largest absolute Gasteiger partial charge is 0.382 e. The van der Waals surface area contributed by atoms with Gasteiger partial charge in [0.05, 0.1) is 12.6 Å². The lowest BCUT2D eigenvalue weighted by Gasteiger charge is -2.18. The van der Waals surface area contributed by atoms with Crippen molar-refractivity contribution in [1.82, 2.24) is 15.3 Å². The van der Waals surface area contributed by atoms with Gasteiger partial charge in [0.1, 0.15) is 0 Å². The zero-order valence-electron chi connectivity index (χ0n) is 12.8. The minimum atomic E-state index is -3.43. The first-order chi connectivity index (χ1) is 10.9. The fourth-order valence-corrected chi connectivity index (χ4v) is 2.58. The van der Waals surface area contributed by atoms with Gasteiger partial charge in [0, 0.05) is 37.5 Å². The molecule has 1 atom stereocenters. The standard InChI is InChI=1S/C15H17N3O4S/c1-22-10-13(18-15(19)11-3-6-16-7-4-11)12-5-8-17-14(9-12)23(2,20)21/h3-9,13H,10H2,1-2H3,(H,18,19)/t13-/m0/s1. The molecule has 0 saturated heterocycles. The number of carbonyl (C=O) groups is 1. The van der Waals surface area contributed by atoms with Gasteiger partial charge in [-0.15, -0.1) is 0 Å². The van der Waals surface area contributed by atoms with Crippen molar-refractivity contribution in [1.29, 1.82) is 0 Å². The molecule has 2 aromatic rings. The molecule has 0 unspecified atom stereocenters. The van der Waals surface area contributed by atoms with Crippen LogP contribution in [0.2, 0.25) is 0 Å². The molecule has 1 N–H and O–H groups in total. The van der Waals surface area contributed by atoms with Crippen LogP contribution in [0.15, 0.2) is 47.9 Å². The van der Waals surface area contributed by atoms with E-state index < -0.39 is 15.9 Å². The highest BCUT2D eigenvalue weighted by molar-refractivity contribution is 7.90. The Morgan fingerprint density at radius 3 is 2.57 bits per heavy atom. The summed E-state index contributed by atoms with van der Waals surface area (Å²) >= 11 is 0. The highest BCUT2D eigenvalue weighted by Gasteiger charge is 2.18. The van der Waals surface area contributed by atoms with Gasteiger partial charge in [-0.1, -0.05) is 0 Å². The van der Waals surface area contributed by atoms with Crippen LogP contribution in [0.5, 0.6) is 0 Å². The highest BCUT2D eigenvalue weighted by atomic mass is 32.2. The van der Waals surface area contributed by atoms with Gasteiger partial charge < -0.3 is 10.1 Å². The van der Waals surface area contributed by atoms with Crippen molar-refractivity contribution in [3.8, 4) is 0 Å². The SMILES string of the molecule is COC[C@H](NC(=O)c1ccncc1)c1ccnc(S(C)(=O)=O)c1. The summed E-state index contributed by atoms with van der Waals surface area (Å²) in [5.41, 5.74) is 1.06. The van der Waals surface area contributed by atoms with E-state index in [2.05, 4.69) is 15.3 Å². The molecule has 1 amide bonds. The van der Waals surface area contributed by atoms with Crippen LogP contribution >= 0.6 is 0 Å². The summed E-state index contributed by atoms with van der Waals surface area (Å²) in [6, 6.07) is 5.77. The Morgan fingerprint density at radius 1 is 1.26 bits per heavy atom. The van der Waals surface area contributed by atoms with Gasteiger partial charge >= 0.3 is 0 Å². The summed E-state index contributed by atoms with van der Waals surface area (Å²) in [6.07, 6.45) is 5.52. The van der Waals surface area contributed by atoms with Crippen molar-refractivity contribution in [2.24, 2.45) is 0 Å². The van der Waals surface area contributed by atoms with E-state index in [4.69, 9.17) is 4.74 Å². The zero-order valence-corrected chi connectivity index (χ0v) is 13.6. The van der Waals surface area contributed by atoms with Gasteiger partial charge in [-0.05, 0) is 29.8 Å². The van der Waals surface area contributed by atoms with Crippen LogP contribution in [0.3, 0.4) is 0 Å². The van der Waals surface area contributed by atoms with Gasteiger partial charge in [-0.2, -0.15) is 0 Å². The number of sulfone groups is 1. The molecule has 0 bridgehead atoms. The Morgan fingerprint density at radius 2 is 1.96 bits per heavy atom. The number of pyridine rings is 2. The minimum Gasteiger partial charge on any atom is -0.382 e. The molecule has 2 rings (SSSR count). The van der Waals surface area contributed by atoms with E-state index in [9.17, 15) is 13.2 Å². The van der Waals surface area contributed by atoms with Crippen molar-refractivity contribution in [2.45, 2.75) is 11.1 Å². The lowest BCUT2D eigenvalue weighted by atomic mass is 10.1. The van der Waals surface area contributed by atoms with Crippen molar-refractivity contribution >= 4 is 15.7 Å². The molecule has 2 heterocycles. The van der Waals surface area contributed by atoms with Gasteiger partial charge in [0.2, 0.25) is 0 Å². The van der Waals surface area contributed by atoms with E-state index >= 15 is 0 Å². The number of methoxy groups -OCH3 is 1. The summed E-state index contributed by atoms with van der Waals surface area (Å²) in [6.45, 7) is 0.198. The first-order valence-electron chi connectivity index (χ1n) is 6.77. The third kappa shape index (κ3) is 4.57. The number of nitrogens with one attached hydrogen (secondary N) is 1. The molecule has 122 valence electrons. The third-order valence-electron chi connectivity index (χ3n) is 3.12. The summed E-state index contributed by atoms with van der Waals surface area (Å²) in [7, 11) is -1.92. The molecule has 23 heavy (non-hydrogen) atoms. The van der Waals surface area contributed by atoms with Crippen molar-refractivity contribution in [3.63, 3.8) is 0 Å². The fourth-order valence-electron chi connectivity index (χ4n) is 1.98. The van der Waals surface area contributed by atoms with Crippen LogP contribution in [0.4, 0.5) is 0 Å². The number of carbonyl (C=O) groups excluding carboxylic acids is 1. The molecule has 7 nitrogen and oxygen atoms in total. The van der Waals surface area contributed by atoms with Gasteiger partial charge in [0.25, 0.3) is 5.91 Å². The maximum Gasteiger partial charge on any atom is 0.251 e. The average Bonchev–Trinajstić information content (AvgIpc) is 2.54. The second kappa shape index (κ2) is 7.30. The smallest absolute Gasteiger partial charge is 0.251 e. The Labute approximate surface area is 134 Å². The normalized spacial score (nSPS) is 12.6. The maximum atomic E-state index is 12.3. The molecular formula is C15H17N3O4S. The molecule has 0 saturated carbocycles. The Balaban J connectivity index is 2.27. The van der Waals surface area contributed by atoms with E-state index in [1.165, 1.54) is 31.8 Å². The Kier molecular flexibility index (Phi) is 5.41. The van der Waals surface area contributed by atoms with Crippen LogP contribution in [0, 0.1) is 0 Å². The van der Waals surface area contributed by atoms with Crippen LogP contribution < -0.4 is 5.32 Å². The predicted molar refractivity (Wildman–Crippen MR) is 83.7 cm³/mol. The number of hydrogen-bond acceptors (Lipinski definition) is 6. The predicted octanol–water partition coefficient (Wildman–Crippen LogP) is 0.998. The first kappa shape index (κ1) is 17.0. The van der Waals surface area contributed by atoms with Gasteiger partial charge in [0.15, 0.2) is 14.9 Å². The first-order valence-corrected chi connectivity index (χ1v) is 8.67. The lowest BCUT2D eigenvalue weighted by molar-refractivity contribution is 0.0896. The molecule has 0 aromatic carbocycles. The quantitative estimate of drug-likeness (QED) is 0.845. The summed E-state index contributed by atoms with van der Waals surface area (Å²) in [5, 5.41) is 2.77. The number of amides is 1. The summed E-state index contributed by atoms with van der Waals surface area (Å²) in [5.74, 6) is -0.299. The fraction of sp³-hybridized carbons (Fsp3) is 0.267. The van der Waals surface area contributed by atoms with Gasteiger partial charge in [-0.25, -0.2) is 13.4 Å². The molecule has 2 aromatic heterocycles. The number of ether oxygens (including phenoxy) is 1. The van der Waals surface area contributed by atoms with Crippen LogP contribution in [-0.2, 0) is 14.6 Å². The summed E-state index contributed by atoms with van der Waals surface area (Å²) in [4.78, 5) is 20.0. The second-order valence-corrected chi connectivity index (χ2v) is 6.88. The average molecular weight is 335 g/mol. The number of nitrogens with zero attached hydrogens (tertiary/aromatic N) is 2. The number of aromatic nitrogens is 2. The van der Waals surface area contributed by atoms with Crippen molar-refractivity contribution in [2.75, 3.05) is 20.0 Å². The summed E-state index contributed by atoms with van der Waals surface area (Å²) < 4.78 is 28.4. The molecule has 0 aliphatic rings. The topological polar surface area (TPSA) is 98.2 Å².